The largest absolute Gasteiger partial charge is 0.480 e. The van der Waals surface area contributed by atoms with Crippen molar-refractivity contribution in [1.82, 2.24) is 0 Å². The zero-order valence-electron chi connectivity index (χ0n) is 6.62. The molecule has 0 saturated carbocycles. The maximum atomic E-state index is 9.40. The predicted octanol–water partition coefficient (Wildman–Crippen LogP) is 0.885. The molecule has 0 radical (unpaired) electrons. The normalized spacial score (nSPS) is 11.1. The zero-order valence-corrected chi connectivity index (χ0v) is 8.41. The SMILES string of the molecule is CC=CCCO.O=P(O)(O)OS. The van der Waals surface area contributed by atoms with E-state index in [1.807, 2.05) is 19.1 Å². The summed E-state index contributed by atoms with van der Waals surface area (Å²) in [5, 5.41) is 8.15. The quantitative estimate of drug-likeness (QED) is 0.243. The van der Waals surface area contributed by atoms with E-state index in [9.17, 15) is 4.57 Å². The molecule has 0 unspecified atom stereocenters. The van der Waals surface area contributed by atoms with E-state index in [1.165, 1.54) is 0 Å². The average molecular weight is 216 g/mol. The van der Waals surface area contributed by atoms with Crippen LogP contribution in [0, 0.1) is 0 Å². The summed E-state index contributed by atoms with van der Waals surface area (Å²) in [5.74, 6) is 0. The van der Waals surface area contributed by atoms with Gasteiger partial charge in [0.2, 0.25) is 0 Å². The lowest BCUT2D eigenvalue weighted by atomic mass is 10.4. The average Bonchev–Trinajstić information content (AvgIpc) is 2.01. The number of hydrogen-bond donors (Lipinski definition) is 4. The summed E-state index contributed by atoms with van der Waals surface area (Å²) >= 11 is 2.84. The summed E-state index contributed by atoms with van der Waals surface area (Å²) in [6.07, 6.45) is 4.65. The Kier molecular flexibility index (Phi) is 11.3. The number of thiol groups is 1. The number of allylic oxidation sites excluding steroid dienone is 1. The lowest BCUT2D eigenvalue weighted by Gasteiger charge is -1.91. The first-order valence-corrected chi connectivity index (χ1v) is 4.98. The molecule has 0 bridgehead atoms. The Bertz CT molecular complexity index is 154. The third-order valence-corrected chi connectivity index (χ3v) is 1.49. The maximum absolute atomic E-state index is 9.40. The van der Waals surface area contributed by atoms with Crippen molar-refractivity contribution in [2.45, 2.75) is 13.3 Å². The van der Waals surface area contributed by atoms with Gasteiger partial charge >= 0.3 is 7.82 Å². The zero-order chi connectivity index (χ0) is 10.0. The van der Waals surface area contributed by atoms with Gasteiger partial charge in [-0.05, 0) is 26.3 Å². The van der Waals surface area contributed by atoms with Gasteiger partial charge < -0.3 is 14.9 Å². The standard InChI is InChI=1S/C5H10O.H3O4PS/c1-2-3-4-5-6;1-5(2,3)4-6/h2-3,6H,4-5H2,1H3;6H,(H2,1,2,3). The molecule has 0 atom stereocenters. The Hall–Kier alpha value is 0.160. The molecule has 0 spiro atoms. The van der Waals surface area contributed by atoms with Crippen molar-refractivity contribution >= 4 is 20.7 Å². The fourth-order valence-electron chi connectivity index (χ4n) is 0.241. The van der Waals surface area contributed by atoms with E-state index < -0.39 is 7.82 Å². The molecule has 0 saturated heterocycles. The van der Waals surface area contributed by atoms with E-state index >= 15 is 0 Å². The second kappa shape index (κ2) is 9.25. The predicted molar refractivity (Wildman–Crippen MR) is 48.6 cm³/mol. The van der Waals surface area contributed by atoms with Crippen molar-refractivity contribution in [3.05, 3.63) is 12.2 Å². The van der Waals surface area contributed by atoms with E-state index in [0.29, 0.717) is 0 Å². The summed E-state index contributed by atoms with van der Waals surface area (Å²) in [5.41, 5.74) is 0. The molecular formula is C5H13O5PS. The van der Waals surface area contributed by atoms with Crippen LogP contribution in [-0.2, 0) is 8.54 Å². The highest BCUT2D eigenvalue weighted by molar-refractivity contribution is 7.80. The molecule has 5 nitrogen and oxygen atoms in total. The summed E-state index contributed by atoms with van der Waals surface area (Å²) < 4.78 is 12.7. The number of rotatable bonds is 3. The van der Waals surface area contributed by atoms with E-state index in [4.69, 9.17) is 14.9 Å². The fourth-order valence-corrected chi connectivity index (χ4v) is 0.241. The number of aliphatic hydroxyl groups excluding tert-OH is 1. The minimum atomic E-state index is -4.28. The Morgan fingerprint density at radius 1 is 1.58 bits per heavy atom. The van der Waals surface area contributed by atoms with E-state index in [-0.39, 0.29) is 6.61 Å². The summed E-state index contributed by atoms with van der Waals surface area (Å²) in [6, 6.07) is 0. The Morgan fingerprint density at radius 2 is 2.00 bits per heavy atom. The molecule has 0 fully saturated rings. The third-order valence-electron chi connectivity index (χ3n) is 0.638. The molecule has 0 aliphatic rings. The van der Waals surface area contributed by atoms with Crippen LogP contribution in [0.15, 0.2) is 12.2 Å². The van der Waals surface area contributed by atoms with Crippen LogP contribution in [-0.4, -0.2) is 21.5 Å². The smallest absolute Gasteiger partial charge is 0.396 e. The molecule has 0 aromatic carbocycles. The molecule has 12 heavy (non-hydrogen) atoms. The summed E-state index contributed by atoms with van der Waals surface area (Å²) in [4.78, 5) is 15.3. The first-order chi connectivity index (χ1) is 5.47. The molecule has 7 heteroatoms. The van der Waals surface area contributed by atoms with Gasteiger partial charge in [0.15, 0.2) is 0 Å². The van der Waals surface area contributed by atoms with Gasteiger partial charge in [-0.2, -0.15) is 0 Å². The molecule has 0 rings (SSSR count). The second-order valence-corrected chi connectivity index (χ2v) is 3.29. The highest BCUT2D eigenvalue weighted by Gasteiger charge is 2.08. The number of hydrogen-bond acceptors (Lipinski definition) is 4. The number of aliphatic hydroxyl groups is 1. The Labute approximate surface area is 76.9 Å². The van der Waals surface area contributed by atoms with E-state index in [1.54, 1.807) is 0 Å². The van der Waals surface area contributed by atoms with E-state index in [2.05, 4.69) is 16.9 Å². The van der Waals surface area contributed by atoms with Crippen LogP contribution >= 0.6 is 20.7 Å². The van der Waals surface area contributed by atoms with Gasteiger partial charge in [-0.15, -0.1) is 0 Å². The first-order valence-electron chi connectivity index (χ1n) is 3.08. The lowest BCUT2D eigenvalue weighted by Crippen LogP contribution is -1.73. The van der Waals surface area contributed by atoms with Crippen molar-refractivity contribution in [3.8, 4) is 0 Å². The molecule has 74 valence electrons. The summed E-state index contributed by atoms with van der Waals surface area (Å²) in [6.45, 7) is 2.21. The third kappa shape index (κ3) is 22.5. The monoisotopic (exact) mass is 216 g/mol. The fraction of sp³-hybridized carbons (Fsp3) is 0.600. The van der Waals surface area contributed by atoms with Crippen LogP contribution < -0.4 is 0 Å². The van der Waals surface area contributed by atoms with Gasteiger partial charge in [0.25, 0.3) is 0 Å². The molecule has 0 heterocycles. The Morgan fingerprint density at radius 3 is 2.08 bits per heavy atom. The molecule has 0 amide bonds. The molecule has 0 aliphatic heterocycles. The second-order valence-electron chi connectivity index (χ2n) is 1.65. The molecule has 0 aromatic rings. The van der Waals surface area contributed by atoms with Crippen LogP contribution in [0.25, 0.3) is 0 Å². The van der Waals surface area contributed by atoms with E-state index in [0.717, 1.165) is 6.42 Å². The van der Waals surface area contributed by atoms with Gasteiger partial charge in [0, 0.05) is 6.61 Å². The first kappa shape index (κ1) is 14.7. The van der Waals surface area contributed by atoms with Crippen LogP contribution in [0.2, 0.25) is 0 Å². The highest BCUT2D eigenvalue weighted by atomic mass is 32.1. The van der Waals surface area contributed by atoms with Crippen LogP contribution in [0.5, 0.6) is 0 Å². The van der Waals surface area contributed by atoms with Gasteiger partial charge in [-0.3, -0.25) is 0 Å². The highest BCUT2D eigenvalue weighted by Crippen LogP contribution is 2.36. The van der Waals surface area contributed by atoms with Gasteiger partial charge in [-0.25, -0.2) is 8.54 Å². The molecule has 0 aromatic heterocycles. The minimum absolute atomic E-state index is 0.268. The van der Waals surface area contributed by atoms with Crippen molar-refractivity contribution in [2.24, 2.45) is 0 Å². The van der Waals surface area contributed by atoms with Gasteiger partial charge in [0.05, 0.1) is 0 Å². The molecule has 3 N–H and O–H groups in total. The van der Waals surface area contributed by atoms with Crippen LogP contribution in [0.4, 0.5) is 0 Å². The minimum Gasteiger partial charge on any atom is -0.396 e. The number of phosphoric acid groups is 1. The van der Waals surface area contributed by atoms with Gasteiger partial charge in [-0.1, -0.05) is 12.2 Å². The lowest BCUT2D eigenvalue weighted by molar-refractivity contribution is 0.300. The van der Waals surface area contributed by atoms with Gasteiger partial charge in [0.1, 0.15) is 0 Å². The van der Waals surface area contributed by atoms with Crippen LogP contribution in [0.3, 0.4) is 0 Å². The van der Waals surface area contributed by atoms with Crippen molar-refractivity contribution < 1.29 is 23.4 Å². The van der Waals surface area contributed by atoms with Crippen molar-refractivity contribution in [3.63, 3.8) is 0 Å². The van der Waals surface area contributed by atoms with Crippen molar-refractivity contribution in [2.75, 3.05) is 6.61 Å². The maximum Gasteiger partial charge on any atom is 0.480 e. The summed E-state index contributed by atoms with van der Waals surface area (Å²) in [7, 11) is -4.28. The molecular weight excluding hydrogens is 203 g/mol. The van der Waals surface area contributed by atoms with Crippen LogP contribution in [0.1, 0.15) is 13.3 Å². The topological polar surface area (TPSA) is 87.0 Å². The van der Waals surface area contributed by atoms with Crippen molar-refractivity contribution in [1.29, 1.82) is 0 Å². The Balaban J connectivity index is 0. The molecule has 0 aliphatic carbocycles.